The summed E-state index contributed by atoms with van der Waals surface area (Å²) in [6.45, 7) is 9.10. The Balaban J connectivity index is 0.000000157. The minimum absolute atomic E-state index is 0.366. The smallest absolute Gasteiger partial charge is 0.199 e. The number of H-pyrrole nitrogens is 1. The molecule has 0 radical (unpaired) electrons. The number of nitrogens with one attached hydrogen (secondary N) is 3. The first-order valence-electron chi connectivity index (χ1n) is 22.3. The molecule has 7 heterocycles. The number of aromatic nitrogens is 7. The molecule has 2 aliphatic rings. The van der Waals surface area contributed by atoms with Gasteiger partial charge in [-0.05, 0) is 118 Å². The van der Waals surface area contributed by atoms with Crippen molar-refractivity contribution >= 4 is 46.5 Å². The first-order chi connectivity index (χ1) is 32.9. The molecule has 5 N–H and O–H groups in total. The standard InChI is InChI=1S/C26H24N6OS.C25H26N6OS/c34-26-29-28-18-32(26)23-6-2-5-22(14-23)24-16-27-25-15-21(7-8-31(24)25)20-4-1-3-19(13-20)17-30-9-11-33-12-10-30;26-29-25(33)28-22-6-2-5-21(14-22)23-16-27-24-15-20(7-8-31(23)24)19-4-1-3-18(13-19)17-30-9-11-32-12-10-30/h1-8,13-16,18H,9-12,17H2,(H,29,34);1-8,13-16H,9-12,17,26H2,(H2,28,29,33). The topological polar surface area (TPSA) is 143 Å². The first-order valence-corrected chi connectivity index (χ1v) is 23.1. The van der Waals surface area contributed by atoms with Crippen molar-refractivity contribution in [2.75, 3.05) is 57.9 Å². The van der Waals surface area contributed by atoms with Crippen LogP contribution in [0.25, 0.3) is 61.8 Å². The maximum absolute atomic E-state index is 5.47. The van der Waals surface area contributed by atoms with Gasteiger partial charge in [-0.3, -0.25) is 28.3 Å². The molecule has 0 spiro atoms. The van der Waals surface area contributed by atoms with E-state index in [1.54, 1.807) is 6.33 Å². The highest BCUT2D eigenvalue weighted by Crippen LogP contribution is 2.30. The molecular formula is C51H50N12O2S2. The molecule has 0 saturated carbocycles. The minimum atomic E-state index is 0.366. The zero-order valence-corrected chi connectivity index (χ0v) is 38.4. The summed E-state index contributed by atoms with van der Waals surface area (Å²) in [4.78, 5) is 14.2. The molecule has 0 atom stereocenters. The van der Waals surface area contributed by atoms with Crippen molar-refractivity contribution in [1.82, 2.24) is 48.8 Å². The molecule has 67 heavy (non-hydrogen) atoms. The van der Waals surface area contributed by atoms with Gasteiger partial charge in [-0.25, -0.2) is 15.8 Å². The Kier molecular flexibility index (Phi) is 13.3. The van der Waals surface area contributed by atoms with E-state index in [9.17, 15) is 0 Å². The normalized spacial score (nSPS) is 14.5. The number of nitrogens with zero attached hydrogens (tertiary/aromatic N) is 8. The molecule has 338 valence electrons. The summed E-state index contributed by atoms with van der Waals surface area (Å²) in [5, 5.41) is 10.3. The number of imidazole rings is 2. The number of rotatable bonds is 10. The highest BCUT2D eigenvalue weighted by molar-refractivity contribution is 7.80. The van der Waals surface area contributed by atoms with Crippen molar-refractivity contribution in [2.45, 2.75) is 13.1 Å². The number of anilines is 1. The highest BCUT2D eigenvalue weighted by atomic mass is 32.1. The Morgan fingerprint density at radius 3 is 1.66 bits per heavy atom. The molecule has 2 aliphatic heterocycles. The largest absolute Gasteiger partial charge is 0.379 e. The van der Waals surface area contributed by atoms with Crippen molar-refractivity contribution in [3.8, 4) is 50.5 Å². The third-order valence-electron chi connectivity index (χ3n) is 12.1. The van der Waals surface area contributed by atoms with Crippen molar-refractivity contribution < 1.29 is 9.47 Å². The molecule has 0 amide bonds. The van der Waals surface area contributed by atoms with Gasteiger partial charge in [0.05, 0.1) is 55.9 Å². The zero-order chi connectivity index (χ0) is 45.5. The number of morpholine rings is 2. The van der Waals surface area contributed by atoms with Crippen LogP contribution < -0.4 is 16.6 Å². The Morgan fingerprint density at radius 1 is 0.612 bits per heavy atom. The van der Waals surface area contributed by atoms with E-state index in [0.717, 1.165) is 122 Å². The fraction of sp³-hybridized carbons (Fsp3) is 0.196. The lowest BCUT2D eigenvalue weighted by molar-refractivity contribution is 0.0341. The Labute approximate surface area is 398 Å². The molecule has 16 heteroatoms. The van der Waals surface area contributed by atoms with Crippen molar-refractivity contribution in [3.05, 3.63) is 168 Å². The van der Waals surface area contributed by atoms with Gasteiger partial charge >= 0.3 is 0 Å². The number of benzene rings is 4. The summed E-state index contributed by atoms with van der Waals surface area (Å²) in [7, 11) is 0. The van der Waals surface area contributed by atoms with Crippen molar-refractivity contribution in [2.24, 2.45) is 5.84 Å². The number of aromatic amines is 1. The van der Waals surface area contributed by atoms with Gasteiger partial charge in [0.25, 0.3) is 0 Å². The molecule has 0 bridgehead atoms. The zero-order valence-electron chi connectivity index (χ0n) is 36.8. The SMILES string of the molecule is NNC(=S)Nc1cccc(-c2cnc3cc(-c4cccc(CN5CCOCC5)c4)ccn23)c1.S=c1[nH]ncn1-c1cccc(-c2cnc3cc(-c4cccc(CN5CCOCC5)c4)ccn23)c1. The van der Waals surface area contributed by atoms with E-state index in [2.05, 4.69) is 148 Å². The van der Waals surface area contributed by atoms with E-state index < -0.39 is 0 Å². The number of hydrogen-bond donors (Lipinski definition) is 4. The maximum Gasteiger partial charge on any atom is 0.199 e. The third kappa shape index (κ3) is 10.3. The molecule has 2 fully saturated rings. The van der Waals surface area contributed by atoms with Crippen molar-refractivity contribution in [1.29, 1.82) is 0 Å². The van der Waals surface area contributed by atoms with Crippen LogP contribution in [0.5, 0.6) is 0 Å². The van der Waals surface area contributed by atoms with E-state index in [4.69, 9.17) is 44.7 Å². The Morgan fingerprint density at radius 2 is 1.12 bits per heavy atom. The van der Waals surface area contributed by atoms with Gasteiger partial charge in [0.2, 0.25) is 0 Å². The second kappa shape index (κ2) is 20.3. The Bertz CT molecular complexity index is 3220. The second-order valence-electron chi connectivity index (χ2n) is 16.5. The van der Waals surface area contributed by atoms with Gasteiger partial charge in [0, 0.05) is 68.5 Å². The van der Waals surface area contributed by atoms with Crippen LogP contribution >= 0.6 is 24.4 Å². The molecule has 5 aromatic heterocycles. The highest BCUT2D eigenvalue weighted by Gasteiger charge is 2.15. The van der Waals surface area contributed by atoms with Gasteiger partial charge < -0.3 is 20.2 Å². The number of nitrogens with two attached hydrogens (primary N) is 1. The molecule has 0 aliphatic carbocycles. The number of hydrazine groups is 1. The van der Waals surface area contributed by atoms with Crippen LogP contribution in [0, 0.1) is 4.77 Å². The fourth-order valence-electron chi connectivity index (χ4n) is 8.65. The predicted molar refractivity (Wildman–Crippen MR) is 270 cm³/mol. The number of fused-ring (bicyclic) bond motifs is 2. The van der Waals surface area contributed by atoms with Gasteiger partial charge in [-0.15, -0.1) is 0 Å². The average molecular weight is 927 g/mol. The third-order valence-corrected chi connectivity index (χ3v) is 12.6. The van der Waals surface area contributed by atoms with E-state index in [1.807, 2.05) is 47.3 Å². The van der Waals surface area contributed by atoms with E-state index in [1.165, 1.54) is 22.3 Å². The van der Waals surface area contributed by atoms with Crippen LogP contribution in [-0.2, 0) is 22.6 Å². The lowest BCUT2D eigenvalue weighted by Crippen LogP contribution is -2.35. The number of thiocarbonyl (C=S) groups is 1. The minimum Gasteiger partial charge on any atom is -0.379 e. The molecule has 14 nitrogen and oxygen atoms in total. The average Bonchev–Trinajstić information content (AvgIpc) is 4.13. The van der Waals surface area contributed by atoms with Crippen LogP contribution in [0.1, 0.15) is 11.1 Å². The number of ether oxygens (including phenoxy) is 2. The second-order valence-corrected chi connectivity index (χ2v) is 17.3. The van der Waals surface area contributed by atoms with E-state index in [0.29, 0.717) is 9.88 Å². The Hall–Kier alpha value is -6.89. The summed E-state index contributed by atoms with van der Waals surface area (Å²) < 4.78 is 17.6. The summed E-state index contributed by atoms with van der Waals surface area (Å²) in [6.07, 6.45) is 9.68. The van der Waals surface area contributed by atoms with Crippen LogP contribution in [0.4, 0.5) is 5.69 Å². The lowest BCUT2D eigenvalue weighted by Gasteiger charge is -2.26. The van der Waals surface area contributed by atoms with Gasteiger partial charge in [0.1, 0.15) is 17.6 Å². The molecule has 0 unspecified atom stereocenters. The summed E-state index contributed by atoms with van der Waals surface area (Å²) in [6, 6.07) is 42.3. The molecule has 4 aromatic carbocycles. The van der Waals surface area contributed by atoms with Gasteiger partial charge in [-0.1, -0.05) is 60.7 Å². The number of pyridine rings is 2. The van der Waals surface area contributed by atoms with Gasteiger partial charge in [-0.2, -0.15) is 5.10 Å². The molecule has 11 rings (SSSR count). The molecular weight excluding hydrogens is 877 g/mol. The maximum atomic E-state index is 5.47. The fourth-order valence-corrected chi connectivity index (χ4v) is 8.97. The summed E-state index contributed by atoms with van der Waals surface area (Å²) in [5.74, 6) is 5.37. The van der Waals surface area contributed by atoms with Crippen LogP contribution in [0.3, 0.4) is 0 Å². The molecule has 9 aromatic rings. The summed E-state index contributed by atoms with van der Waals surface area (Å²) >= 11 is 10.4. The van der Waals surface area contributed by atoms with Crippen LogP contribution in [0.15, 0.2) is 152 Å². The first kappa shape index (κ1) is 44.0. The van der Waals surface area contributed by atoms with Gasteiger partial charge in [0.15, 0.2) is 9.88 Å². The quantitative estimate of drug-likeness (QED) is 0.0595. The van der Waals surface area contributed by atoms with E-state index >= 15 is 0 Å². The summed E-state index contributed by atoms with van der Waals surface area (Å²) in [5.41, 5.74) is 17.5. The number of hydrogen-bond acceptors (Lipinski definition) is 10. The van der Waals surface area contributed by atoms with E-state index in [-0.39, 0.29) is 0 Å². The monoisotopic (exact) mass is 926 g/mol. The predicted octanol–water partition coefficient (Wildman–Crippen LogP) is 8.40. The van der Waals surface area contributed by atoms with Crippen LogP contribution in [-0.4, -0.2) is 101 Å². The van der Waals surface area contributed by atoms with Crippen LogP contribution in [0.2, 0.25) is 0 Å². The van der Waals surface area contributed by atoms with Crippen molar-refractivity contribution in [3.63, 3.8) is 0 Å². The lowest BCUT2D eigenvalue weighted by atomic mass is 10.0. The molecule has 2 saturated heterocycles.